The predicted octanol–water partition coefficient (Wildman–Crippen LogP) is 1.10. The summed E-state index contributed by atoms with van der Waals surface area (Å²) in [5.41, 5.74) is 5.32. The lowest BCUT2D eigenvalue weighted by molar-refractivity contribution is 0.315. The lowest BCUT2D eigenvalue weighted by Crippen LogP contribution is -2.38. The van der Waals surface area contributed by atoms with Crippen LogP contribution in [0.2, 0.25) is 5.02 Å². The van der Waals surface area contributed by atoms with E-state index in [2.05, 4.69) is 5.16 Å². The van der Waals surface area contributed by atoms with Gasteiger partial charge in [0.05, 0.1) is 11.6 Å². The monoisotopic (exact) mass is 291 g/mol. The van der Waals surface area contributed by atoms with Crippen LogP contribution in [0.25, 0.3) is 0 Å². The molecule has 0 aliphatic heterocycles. The van der Waals surface area contributed by atoms with Crippen molar-refractivity contribution in [3.8, 4) is 0 Å². The molecule has 0 unspecified atom stereocenters. The zero-order valence-electron chi connectivity index (χ0n) is 9.75. The number of nitrogens with zero attached hydrogens (tertiary/aromatic N) is 2. The highest BCUT2D eigenvalue weighted by atomic mass is 35.5. The molecule has 0 radical (unpaired) electrons. The molecular formula is C10H14ClN3O3S. The summed E-state index contributed by atoms with van der Waals surface area (Å²) in [6.45, 7) is 1.64. The first-order valence-electron chi connectivity index (χ1n) is 5.14. The average Bonchev–Trinajstić information content (AvgIpc) is 2.35. The maximum absolute atomic E-state index is 12.3. The van der Waals surface area contributed by atoms with Crippen LogP contribution in [-0.4, -0.2) is 36.9 Å². The molecule has 0 heterocycles. The highest BCUT2D eigenvalue weighted by Crippen LogP contribution is 2.23. The van der Waals surface area contributed by atoms with Gasteiger partial charge < -0.3 is 10.9 Å². The van der Waals surface area contributed by atoms with Crippen molar-refractivity contribution < 1.29 is 13.6 Å². The standard InChI is InChI=1S/C10H14ClN3O3S/c1-2-14(7-10(12)13-15)18(16,17)9-6-4-3-5-8(9)11/h3-6,15H,2,7H2,1H3,(H2,12,13). The molecule has 0 saturated carbocycles. The maximum Gasteiger partial charge on any atom is 0.244 e. The second-order valence-electron chi connectivity index (χ2n) is 3.45. The number of amidine groups is 1. The Morgan fingerprint density at radius 1 is 1.50 bits per heavy atom. The fraction of sp³-hybridized carbons (Fsp3) is 0.300. The Hall–Kier alpha value is -1.31. The van der Waals surface area contributed by atoms with E-state index >= 15 is 0 Å². The minimum absolute atomic E-state index is 0.000688. The molecule has 0 saturated heterocycles. The van der Waals surface area contributed by atoms with Crippen molar-refractivity contribution in [3.05, 3.63) is 29.3 Å². The highest BCUT2D eigenvalue weighted by molar-refractivity contribution is 7.89. The van der Waals surface area contributed by atoms with E-state index in [1.165, 1.54) is 12.1 Å². The normalized spacial score (nSPS) is 12.9. The fourth-order valence-corrected chi connectivity index (χ4v) is 3.29. The van der Waals surface area contributed by atoms with E-state index in [4.69, 9.17) is 22.5 Å². The summed E-state index contributed by atoms with van der Waals surface area (Å²) in [7, 11) is -3.76. The van der Waals surface area contributed by atoms with Gasteiger partial charge in [0.15, 0.2) is 5.84 Å². The molecule has 0 spiro atoms. The van der Waals surface area contributed by atoms with Gasteiger partial charge in [0.2, 0.25) is 10.0 Å². The summed E-state index contributed by atoms with van der Waals surface area (Å²) in [6, 6.07) is 6.12. The minimum Gasteiger partial charge on any atom is -0.409 e. The highest BCUT2D eigenvalue weighted by Gasteiger charge is 2.25. The molecule has 1 aromatic carbocycles. The van der Waals surface area contributed by atoms with Gasteiger partial charge >= 0.3 is 0 Å². The molecule has 1 rings (SSSR count). The van der Waals surface area contributed by atoms with Crippen molar-refractivity contribution >= 4 is 27.5 Å². The lowest BCUT2D eigenvalue weighted by atomic mass is 10.4. The number of benzene rings is 1. The second kappa shape index (κ2) is 6.03. The zero-order valence-corrected chi connectivity index (χ0v) is 11.3. The molecule has 0 bridgehead atoms. The summed E-state index contributed by atoms with van der Waals surface area (Å²) >= 11 is 5.86. The van der Waals surface area contributed by atoms with Gasteiger partial charge in [-0.15, -0.1) is 0 Å². The van der Waals surface area contributed by atoms with Crippen LogP contribution in [-0.2, 0) is 10.0 Å². The molecule has 3 N–H and O–H groups in total. The molecule has 0 amide bonds. The third kappa shape index (κ3) is 3.12. The van der Waals surface area contributed by atoms with Crippen LogP contribution in [0.3, 0.4) is 0 Å². The van der Waals surface area contributed by atoms with Gasteiger partial charge in [-0.05, 0) is 12.1 Å². The number of rotatable bonds is 5. The summed E-state index contributed by atoms with van der Waals surface area (Å²) in [5.74, 6) is -0.188. The van der Waals surface area contributed by atoms with Crippen molar-refractivity contribution in [1.29, 1.82) is 0 Å². The minimum atomic E-state index is -3.76. The third-order valence-corrected chi connectivity index (χ3v) is 4.69. The number of halogens is 1. The molecule has 1 aromatic rings. The molecule has 0 atom stereocenters. The van der Waals surface area contributed by atoms with Crippen LogP contribution < -0.4 is 5.73 Å². The molecule has 0 aliphatic rings. The van der Waals surface area contributed by atoms with Crippen LogP contribution in [0.4, 0.5) is 0 Å². The first-order valence-corrected chi connectivity index (χ1v) is 6.96. The van der Waals surface area contributed by atoms with E-state index in [9.17, 15) is 8.42 Å². The van der Waals surface area contributed by atoms with Crippen molar-refractivity contribution in [2.24, 2.45) is 10.9 Å². The van der Waals surface area contributed by atoms with E-state index in [0.717, 1.165) is 4.31 Å². The van der Waals surface area contributed by atoms with Crippen molar-refractivity contribution in [2.45, 2.75) is 11.8 Å². The lowest BCUT2D eigenvalue weighted by Gasteiger charge is -2.20. The molecule has 100 valence electrons. The Morgan fingerprint density at radius 3 is 2.61 bits per heavy atom. The van der Waals surface area contributed by atoms with Crippen LogP contribution in [0, 0.1) is 0 Å². The zero-order chi connectivity index (χ0) is 13.8. The second-order valence-corrected chi connectivity index (χ2v) is 5.77. The predicted molar refractivity (Wildman–Crippen MR) is 69.3 cm³/mol. The van der Waals surface area contributed by atoms with E-state index in [1.807, 2.05) is 0 Å². The summed E-state index contributed by atoms with van der Waals surface area (Å²) in [6.07, 6.45) is 0. The van der Waals surface area contributed by atoms with E-state index in [1.54, 1.807) is 19.1 Å². The van der Waals surface area contributed by atoms with E-state index in [-0.39, 0.29) is 28.8 Å². The topological polar surface area (TPSA) is 96.0 Å². The van der Waals surface area contributed by atoms with Gasteiger partial charge in [0.25, 0.3) is 0 Å². The Balaban J connectivity index is 3.16. The van der Waals surface area contributed by atoms with Crippen LogP contribution >= 0.6 is 11.6 Å². The third-order valence-electron chi connectivity index (χ3n) is 2.27. The SMILES string of the molecule is CCN(CC(N)=NO)S(=O)(=O)c1ccccc1Cl. The largest absolute Gasteiger partial charge is 0.409 e. The van der Waals surface area contributed by atoms with Crippen LogP contribution in [0.5, 0.6) is 0 Å². The number of hydrogen-bond acceptors (Lipinski definition) is 4. The Morgan fingerprint density at radius 2 is 2.11 bits per heavy atom. The van der Waals surface area contributed by atoms with E-state index in [0.29, 0.717) is 0 Å². The molecule has 6 nitrogen and oxygen atoms in total. The van der Waals surface area contributed by atoms with Crippen molar-refractivity contribution in [3.63, 3.8) is 0 Å². The van der Waals surface area contributed by atoms with Crippen LogP contribution in [0.15, 0.2) is 34.3 Å². The number of oxime groups is 1. The molecule has 0 aromatic heterocycles. The number of sulfonamides is 1. The molecule has 0 aliphatic carbocycles. The van der Waals surface area contributed by atoms with E-state index < -0.39 is 10.0 Å². The smallest absolute Gasteiger partial charge is 0.244 e. The summed E-state index contributed by atoms with van der Waals surface area (Å²) in [4.78, 5) is -0.000688. The van der Waals surface area contributed by atoms with Gasteiger partial charge in [-0.1, -0.05) is 35.8 Å². The van der Waals surface area contributed by atoms with Gasteiger partial charge in [-0.25, -0.2) is 8.42 Å². The Bertz CT molecular complexity index is 545. The molecule has 0 fully saturated rings. The molecular weight excluding hydrogens is 278 g/mol. The average molecular weight is 292 g/mol. The van der Waals surface area contributed by atoms with Gasteiger partial charge in [0, 0.05) is 6.54 Å². The quantitative estimate of drug-likeness (QED) is 0.367. The van der Waals surface area contributed by atoms with Gasteiger partial charge in [-0.3, -0.25) is 0 Å². The van der Waals surface area contributed by atoms with Crippen molar-refractivity contribution in [2.75, 3.05) is 13.1 Å². The van der Waals surface area contributed by atoms with Gasteiger partial charge in [0.1, 0.15) is 4.90 Å². The Labute approximate surface area is 111 Å². The molecule has 18 heavy (non-hydrogen) atoms. The summed E-state index contributed by atoms with van der Waals surface area (Å²) < 4.78 is 25.6. The van der Waals surface area contributed by atoms with Crippen LogP contribution in [0.1, 0.15) is 6.92 Å². The van der Waals surface area contributed by atoms with Gasteiger partial charge in [-0.2, -0.15) is 4.31 Å². The Kier molecular flexibility index (Phi) is 4.94. The number of nitrogens with two attached hydrogens (primary N) is 1. The first kappa shape index (κ1) is 14.7. The molecule has 8 heteroatoms. The maximum atomic E-state index is 12.3. The van der Waals surface area contributed by atoms with Crippen molar-refractivity contribution in [1.82, 2.24) is 4.31 Å². The number of hydrogen-bond donors (Lipinski definition) is 2. The number of likely N-dealkylation sites (N-methyl/N-ethyl adjacent to an activating group) is 1. The fourth-order valence-electron chi connectivity index (χ4n) is 1.37. The first-order chi connectivity index (χ1) is 8.43. The summed E-state index contributed by atoms with van der Waals surface area (Å²) in [5, 5.41) is 11.4.